The largest absolute Gasteiger partial charge is 0.385 e. The number of hydrogen-bond acceptors (Lipinski definition) is 6. The summed E-state index contributed by atoms with van der Waals surface area (Å²) in [5.41, 5.74) is 11.8. The summed E-state index contributed by atoms with van der Waals surface area (Å²) in [5, 5.41) is 18.6. The summed E-state index contributed by atoms with van der Waals surface area (Å²) in [6.45, 7) is 9.66. The molecule has 2 aliphatic heterocycles. The second kappa shape index (κ2) is 13.5. The van der Waals surface area contributed by atoms with Gasteiger partial charge in [0.2, 0.25) is 0 Å². The maximum atomic E-state index is 12.0. The Morgan fingerprint density at radius 3 is 2.55 bits per heavy atom. The Morgan fingerprint density at radius 1 is 0.922 bits per heavy atom. The van der Waals surface area contributed by atoms with Crippen LogP contribution in [0.4, 0.5) is 0 Å². The zero-order chi connectivity index (χ0) is 35.4. The molecule has 1 aromatic carbocycles. The van der Waals surface area contributed by atoms with Crippen LogP contribution in [0.5, 0.6) is 0 Å². The molecule has 264 valence electrons. The molecule has 3 N–H and O–H groups in total. The minimum absolute atomic E-state index is 0.113. The molecule has 0 radical (unpaired) electrons. The van der Waals surface area contributed by atoms with Crippen LogP contribution in [0.25, 0.3) is 21.9 Å². The second-order valence-corrected chi connectivity index (χ2v) is 15.9. The topological polar surface area (TPSA) is 94.9 Å². The highest BCUT2D eigenvalue weighted by Crippen LogP contribution is 2.42. The van der Waals surface area contributed by atoms with E-state index in [0.29, 0.717) is 17.4 Å². The first-order valence-electron chi connectivity index (χ1n) is 18.3. The molecule has 0 aliphatic carbocycles. The SMILES string of the molecule is Cc1ccc2[nH]c3c(c2c1)C(Cc1ccc(C(C)(O)CC2CNCc4c2n(C)c2ncc(Cl)cc42)cn1)CN(C)CC3CCc1ccc(C)nc1. The van der Waals surface area contributed by atoms with E-state index in [1.807, 2.05) is 32.3 Å². The molecule has 8 rings (SSSR count). The summed E-state index contributed by atoms with van der Waals surface area (Å²) in [7, 11) is 4.33. The number of nitrogens with one attached hydrogen (secondary N) is 2. The van der Waals surface area contributed by atoms with Gasteiger partial charge in [0.15, 0.2) is 0 Å². The van der Waals surface area contributed by atoms with Crippen LogP contribution in [0.3, 0.4) is 0 Å². The van der Waals surface area contributed by atoms with E-state index in [1.54, 1.807) is 6.20 Å². The van der Waals surface area contributed by atoms with Gasteiger partial charge in [0.05, 0.1) is 10.6 Å². The lowest BCUT2D eigenvalue weighted by atomic mass is 9.82. The lowest BCUT2D eigenvalue weighted by molar-refractivity contribution is 0.0380. The molecular weight excluding hydrogens is 654 g/mol. The van der Waals surface area contributed by atoms with Gasteiger partial charge in [-0.05, 0) is 101 Å². The fourth-order valence-electron chi connectivity index (χ4n) is 8.94. The number of aryl methyl sites for hydroxylation is 4. The van der Waals surface area contributed by atoms with Gasteiger partial charge < -0.3 is 24.9 Å². The van der Waals surface area contributed by atoms with Crippen molar-refractivity contribution in [1.29, 1.82) is 0 Å². The predicted molar refractivity (Wildman–Crippen MR) is 206 cm³/mol. The average Bonchev–Trinajstić information content (AvgIpc) is 3.57. The standard InChI is InChI=1S/C42H48ClN7O/c1-25-6-13-37-35(14-25)38-29(24-49(4)23-28(39(38)48-37)10-9-27-8-7-26(2)45-18-27)15-33-12-11-31(20-46-33)42(3,51)17-30-19-44-22-36-34-16-32(43)21-47-41(34)50(5)40(30)36/h6-8,11-14,16,18,20-21,28-30,44,48,51H,9-10,15,17,19,22-24H2,1-5H3. The van der Waals surface area contributed by atoms with Crippen LogP contribution in [0.15, 0.2) is 67.1 Å². The number of benzene rings is 1. The zero-order valence-corrected chi connectivity index (χ0v) is 31.1. The van der Waals surface area contributed by atoms with Crippen molar-refractivity contribution in [3.05, 3.63) is 123 Å². The van der Waals surface area contributed by atoms with Gasteiger partial charge >= 0.3 is 0 Å². The minimum atomic E-state index is -1.06. The van der Waals surface area contributed by atoms with Crippen LogP contribution in [-0.4, -0.2) is 61.2 Å². The highest BCUT2D eigenvalue weighted by Gasteiger charge is 2.35. The minimum Gasteiger partial charge on any atom is -0.385 e. The van der Waals surface area contributed by atoms with Gasteiger partial charge in [-0.1, -0.05) is 35.4 Å². The number of pyridine rings is 3. The number of rotatable bonds is 8. The van der Waals surface area contributed by atoms with Crippen LogP contribution in [0.2, 0.25) is 5.02 Å². The van der Waals surface area contributed by atoms with Crippen molar-refractivity contribution >= 4 is 33.5 Å². The molecule has 0 bridgehead atoms. The number of fused-ring (bicyclic) bond motifs is 6. The summed E-state index contributed by atoms with van der Waals surface area (Å²) in [4.78, 5) is 20.6. The molecule has 6 aromatic rings. The molecule has 7 heterocycles. The summed E-state index contributed by atoms with van der Waals surface area (Å²) < 4.78 is 2.18. The van der Waals surface area contributed by atoms with Gasteiger partial charge in [0.25, 0.3) is 0 Å². The molecule has 0 amide bonds. The van der Waals surface area contributed by atoms with Crippen LogP contribution in [0, 0.1) is 13.8 Å². The molecule has 4 unspecified atom stereocenters. The summed E-state index contributed by atoms with van der Waals surface area (Å²) in [6.07, 6.45) is 9.09. The highest BCUT2D eigenvalue weighted by molar-refractivity contribution is 6.31. The first kappa shape index (κ1) is 34.0. The van der Waals surface area contributed by atoms with E-state index in [2.05, 4.69) is 93.2 Å². The Morgan fingerprint density at radius 2 is 1.76 bits per heavy atom. The van der Waals surface area contributed by atoms with Crippen molar-refractivity contribution in [2.75, 3.05) is 26.7 Å². The molecular formula is C42H48ClN7O. The monoisotopic (exact) mass is 701 g/mol. The van der Waals surface area contributed by atoms with Crippen molar-refractivity contribution < 1.29 is 5.11 Å². The molecule has 0 fully saturated rings. The summed E-state index contributed by atoms with van der Waals surface area (Å²) in [5.74, 6) is 0.784. The first-order chi connectivity index (χ1) is 24.5. The number of nitrogens with zero attached hydrogens (tertiary/aromatic N) is 5. The number of hydrogen-bond donors (Lipinski definition) is 3. The van der Waals surface area contributed by atoms with Gasteiger partial charge in [0.1, 0.15) is 5.65 Å². The van der Waals surface area contributed by atoms with Crippen LogP contribution in [-0.2, 0) is 32.0 Å². The summed E-state index contributed by atoms with van der Waals surface area (Å²) >= 11 is 6.33. The molecule has 0 saturated carbocycles. The Balaban J connectivity index is 1.05. The van der Waals surface area contributed by atoms with Crippen LogP contribution >= 0.6 is 11.6 Å². The number of likely N-dealkylation sites (N-methyl/N-ethyl adjacent to an activating group) is 1. The van der Waals surface area contributed by atoms with E-state index in [9.17, 15) is 5.11 Å². The van der Waals surface area contributed by atoms with Gasteiger partial charge in [-0.3, -0.25) is 9.97 Å². The predicted octanol–water partition coefficient (Wildman–Crippen LogP) is 7.59. The molecule has 9 heteroatoms. The smallest absolute Gasteiger partial charge is 0.140 e. The molecule has 8 nitrogen and oxygen atoms in total. The number of halogens is 1. The Bertz CT molecular complexity index is 2200. The normalized spacial score (nSPS) is 20.6. The number of aromatic nitrogens is 5. The number of aliphatic hydroxyl groups is 1. The van der Waals surface area contributed by atoms with E-state index < -0.39 is 5.60 Å². The zero-order valence-electron chi connectivity index (χ0n) is 30.3. The third-order valence-corrected chi connectivity index (χ3v) is 11.6. The number of aromatic amines is 1. The molecule has 51 heavy (non-hydrogen) atoms. The molecule has 4 atom stereocenters. The summed E-state index contributed by atoms with van der Waals surface area (Å²) in [6, 6.07) is 17.3. The van der Waals surface area contributed by atoms with Crippen molar-refractivity contribution in [3.63, 3.8) is 0 Å². The van der Waals surface area contributed by atoms with E-state index in [1.165, 1.54) is 44.5 Å². The first-order valence-corrected chi connectivity index (χ1v) is 18.6. The van der Waals surface area contributed by atoms with Crippen molar-refractivity contribution in [2.45, 2.75) is 76.4 Å². The molecule has 0 saturated heterocycles. The second-order valence-electron chi connectivity index (χ2n) is 15.5. The van der Waals surface area contributed by atoms with Crippen molar-refractivity contribution in [3.8, 4) is 0 Å². The Labute approximate surface area is 305 Å². The van der Waals surface area contributed by atoms with Crippen molar-refractivity contribution in [1.82, 2.24) is 34.7 Å². The van der Waals surface area contributed by atoms with E-state index >= 15 is 0 Å². The van der Waals surface area contributed by atoms with Crippen LogP contribution in [0.1, 0.15) is 88.1 Å². The fraction of sp³-hybridized carbons (Fsp3) is 0.405. The van der Waals surface area contributed by atoms with Crippen LogP contribution < -0.4 is 5.32 Å². The molecule has 0 spiro atoms. The van der Waals surface area contributed by atoms with Gasteiger partial charge in [-0.25, -0.2) is 4.98 Å². The third-order valence-electron chi connectivity index (χ3n) is 11.4. The Hall–Kier alpha value is -4.08. The molecule has 2 aliphatic rings. The third kappa shape index (κ3) is 6.59. The van der Waals surface area contributed by atoms with Gasteiger partial charge in [-0.2, -0.15) is 0 Å². The van der Waals surface area contributed by atoms with E-state index in [0.717, 1.165) is 73.4 Å². The number of H-pyrrole nitrogens is 1. The lowest BCUT2D eigenvalue weighted by Gasteiger charge is -2.32. The van der Waals surface area contributed by atoms with Crippen molar-refractivity contribution in [2.24, 2.45) is 7.05 Å². The Kier molecular flexibility index (Phi) is 8.99. The van der Waals surface area contributed by atoms with E-state index in [4.69, 9.17) is 16.6 Å². The fourth-order valence-corrected chi connectivity index (χ4v) is 9.10. The maximum absolute atomic E-state index is 12.0. The van der Waals surface area contributed by atoms with E-state index in [-0.39, 0.29) is 11.8 Å². The van der Waals surface area contributed by atoms with Gasteiger partial charge in [-0.15, -0.1) is 0 Å². The quantitative estimate of drug-likeness (QED) is 0.151. The molecule has 5 aromatic heterocycles. The van der Waals surface area contributed by atoms with Gasteiger partial charge in [0, 0.05) is 114 Å². The lowest BCUT2D eigenvalue weighted by Crippen LogP contribution is -2.34. The highest BCUT2D eigenvalue weighted by atomic mass is 35.5. The maximum Gasteiger partial charge on any atom is 0.140 e. The average molecular weight is 702 g/mol.